The lowest BCUT2D eigenvalue weighted by atomic mass is 10.1. The highest BCUT2D eigenvalue weighted by atomic mass is 16.5. The van der Waals surface area contributed by atoms with Gasteiger partial charge in [-0.3, -0.25) is 4.79 Å². The van der Waals surface area contributed by atoms with Gasteiger partial charge in [-0.2, -0.15) is 10.2 Å². The molecule has 1 aromatic heterocycles. The molecular formula is C30H30N4O3. The monoisotopic (exact) mass is 494 g/mol. The molecule has 1 N–H and O–H groups in total. The van der Waals surface area contributed by atoms with Gasteiger partial charge in [0.05, 0.1) is 18.5 Å². The van der Waals surface area contributed by atoms with Gasteiger partial charge in [0.15, 0.2) is 6.61 Å². The van der Waals surface area contributed by atoms with Crippen LogP contribution in [-0.4, -0.2) is 35.1 Å². The van der Waals surface area contributed by atoms with Gasteiger partial charge in [0, 0.05) is 17.3 Å². The minimum atomic E-state index is -0.362. The Hall–Kier alpha value is -4.65. The zero-order chi connectivity index (χ0) is 25.9. The zero-order valence-corrected chi connectivity index (χ0v) is 20.8. The molecule has 0 radical (unpaired) electrons. The predicted molar refractivity (Wildman–Crippen MR) is 146 cm³/mol. The van der Waals surface area contributed by atoms with Crippen molar-refractivity contribution in [3.05, 3.63) is 109 Å². The van der Waals surface area contributed by atoms with Gasteiger partial charge in [0.25, 0.3) is 5.91 Å². The first kappa shape index (κ1) is 25.4. The van der Waals surface area contributed by atoms with Gasteiger partial charge in [0.1, 0.15) is 17.2 Å². The predicted octanol–water partition coefficient (Wildman–Crippen LogP) is 5.59. The van der Waals surface area contributed by atoms with Crippen LogP contribution in [0.1, 0.15) is 24.5 Å². The third kappa shape index (κ3) is 6.95. The van der Waals surface area contributed by atoms with Crippen LogP contribution in [0.25, 0.3) is 16.9 Å². The van der Waals surface area contributed by atoms with Gasteiger partial charge in [-0.1, -0.05) is 49.4 Å². The average Bonchev–Trinajstić information content (AvgIpc) is 3.36. The second-order valence-electron chi connectivity index (χ2n) is 8.27. The summed E-state index contributed by atoms with van der Waals surface area (Å²) in [5.74, 6) is 1.10. The fourth-order valence-electron chi connectivity index (χ4n) is 3.67. The topological polar surface area (TPSA) is 77.7 Å². The molecule has 4 rings (SSSR count). The van der Waals surface area contributed by atoms with Crippen molar-refractivity contribution in [2.45, 2.75) is 19.8 Å². The molecule has 0 spiro atoms. The van der Waals surface area contributed by atoms with E-state index in [1.165, 1.54) is 0 Å². The van der Waals surface area contributed by atoms with E-state index in [9.17, 15) is 4.79 Å². The van der Waals surface area contributed by atoms with Crippen molar-refractivity contribution in [1.29, 1.82) is 0 Å². The van der Waals surface area contributed by atoms with Gasteiger partial charge in [0.2, 0.25) is 0 Å². The highest BCUT2D eigenvalue weighted by Crippen LogP contribution is 2.25. The lowest BCUT2D eigenvalue weighted by molar-refractivity contribution is -0.123. The Morgan fingerprint density at radius 3 is 2.54 bits per heavy atom. The van der Waals surface area contributed by atoms with E-state index in [0.717, 1.165) is 40.2 Å². The van der Waals surface area contributed by atoms with Crippen LogP contribution >= 0.6 is 0 Å². The normalized spacial score (nSPS) is 10.8. The lowest BCUT2D eigenvalue weighted by Gasteiger charge is -2.09. The maximum Gasteiger partial charge on any atom is 0.277 e. The molecule has 0 saturated heterocycles. The smallest absolute Gasteiger partial charge is 0.277 e. The molecule has 0 aliphatic heterocycles. The molecule has 7 nitrogen and oxygen atoms in total. The summed E-state index contributed by atoms with van der Waals surface area (Å²) in [4.78, 5) is 12.4. The van der Waals surface area contributed by atoms with Gasteiger partial charge < -0.3 is 9.47 Å². The summed E-state index contributed by atoms with van der Waals surface area (Å²) >= 11 is 0. The van der Waals surface area contributed by atoms with E-state index in [1.807, 2.05) is 85.1 Å². The van der Waals surface area contributed by atoms with Gasteiger partial charge in [-0.25, -0.2) is 10.1 Å². The molecule has 0 bridgehead atoms. The number of ether oxygens (including phenoxy) is 2. The number of carbonyl (C=O) groups excluding carboxylic acids is 1. The molecule has 3 aromatic carbocycles. The van der Waals surface area contributed by atoms with Crippen LogP contribution in [-0.2, 0) is 11.2 Å². The number of amides is 1. The van der Waals surface area contributed by atoms with Crippen molar-refractivity contribution in [3.8, 4) is 28.4 Å². The first-order chi connectivity index (χ1) is 18.2. The molecule has 188 valence electrons. The lowest BCUT2D eigenvalue weighted by Crippen LogP contribution is -2.24. The third-order valence-electron chi connectivity index (χ3n) is 5.45. The SMILES string of the molecule is C=CCc1ccccc1OCC(=O)NN=Cc1cn(-c2ccccc2)nc1-c1ccc(OCCC)cc1. The molecule has 0 atom stereocenters. The number of allylic oxidation sites excluding steroid dienone is 1. The van der Waals surface area contributed by atoms with Crippen LogP contribution in [0.3, 0.4) is 0 Å². The summed E-state index contributed by atoms with van der Waals surface area (Å²) in [7, 11) is 0. The quantitative estimate of drug-likeness (QED) is 0.158. The molecular weight excluding hydrogens is 464 g/mol. The van der Waals surface area contributed by atoms with E-state index in [4.69, 9.17) is 14.6 Å². The van der Waals surface area contributed by atoms with Crippen LogP contribution in [0.15, 0.2) is 103 Å². The van der Waals surface area contributed by atoms with Crippen LogP contribution in [0.4, 0.5) is 0 Å². The Kier molecular flexibility index (Phi) is 8.86. The molecule has 0 saturated carbocycles. The number of nitrogens with zero attached hydrogens (tertiary/aromatic N) is 3. The summed E-state index contributed by atoms with van der Waals surface area (Å²) in [5.41, 5.74) is 6.83. The largest absolute Gasteiger partial charge is 0.494 e. The second kappa shape index (κ2) is 12.9. The summed E-state index contributed by atoms with van der Waals surface area (Å²) in [5, 5.41) is 8.95. The fourth-order valence-corrected chi connectivity index (χ4v) is 3.67. The van der Waals surface area contributed by atoms with E-state index in [2.05, 4.69) is 24.0 Å². The van der Waals surface area contributed by atoms with Crippen molar-refractivity contribution in [2.75, 3.05) is 13.2 Å². The number of para-hydroxylation sites is 2. The summed E-state index contributed by atoms with van der Waals surface area (Å²) in [6, 6.07) is 25.2. The Balaban J connectivity index is 1.48. The molecule has 0 unspecified atom stereocenters. The van der Waals surface area contributed by atoms with E-state index in [-0.39, 0.29) is 12.5 Å². The third-order valence-corrected chi connectivity index (χ3v) is 5.45. The van der Waals surface area contributed by atoms with Crippen molar-refractivity contribution in [3.63, 3.8) is 0 Å². The minimum Gasteiger partial charge on any atom is -0.494 e. The molecule has 1 amide bonds. The fraction of sp³-hybridized carbons (Fsp3) is 0.167. The highest BCUT2D eigenvalue weighted by Gasteiger charge is 2.12. The Bertz CT molecular complexity index is 1350. The first-order valence-corrected chi connectivity index (χ1v) is 12.2. The average molecular weight is 495 g/mol. The number of hydrazone groups is 1. The van der Waals surface area contributed by atoms with Gasteiger partial charge in [-0.05, 0) is 60.9 Å². The van der Waals surface area contributed by atoms with E-state index in [0.29, 0.717) is 18.8 Å². The highest BCUT2D eigenvalue weighted by molar-refractivity contribution is 5.89. The number of benzene rings is 3. The molecule has 0 fully saturated rings. The Morgan fingerprint density at radius 1 is 1.03 bits per heavy atom. The number of aromatic nitrogens is 2. The molecule has 4 aromatic rings. The molecule has 1 heterocycles. The zero-order valence-electron chi connectivity index (χ0n) is 20.8. The number of rotatable bonds is 12. The molecule has 0 aliphatic carbocycles. The van der Waals surface area contributed by atoms with Crippen LogP contribution in [0.2, 0.25) is 0 Å². The summed E-state index contributed by atoms with van der Waals surface area (Å²) < 4.78 is 13.2. The van der Waals surface area contributed by atoms with Crippen molar-refractivity contribution in [1.82, 2.24) is 15.2 Å². The number of hydrogen-bond donors (Lipinski definition) is 1. The summed E-state index contributed by atoms with van der Waals surface area (Å²) in [6.45, 7) is 6.35. The molecule has 37 heavy (non-hydrogen) atoms. The maximum atomic E-state index is 12.4. The summed E-state index contributed by atoms with van der Waals surface area (Å²) in [6.07, 6.45) is 6.87. The van der Waals surface area contributed by atoms with E-state index >= 15 is 0 Å². The standard InChI is InChI=1S/C30H30N4O3/c1-3-10-23-11-8-9-14-28(23)37-22-29(35)32-31-20-25-21-34(26-12-6-5-7-13-26)33-30(25)24-15-17-27(18-16-24)36-19-4-2/h3,5-9,11-18,20-21H,1,4,10,19,22H2,2H3,(H,32,35). The maximum absolute atomic E-state index is 12.4. The minimum absolute atomic E-state index is 0.152. The van der Waals surface area contributed by atoms with Crippen molar-refractivity contribution >= 4 is 12.1 Å². The van der Waals surface area contributed by atoms with Gasteiger partial charge in [-0.15, -0.1) is 6.58 Å². The van der Waals surface area contributed by atoms with E-state index in [1.54, 1.807) is 17.0 Å². The second-order valence-corrected chi connectivity index (χ2v) is 8.27. The Labute approximate surface area is 217 Å². The van der Waals surface area contributed by atoms with Crippen LogP contribution in [0, 0.1) is 0 Å². The van der Waals surface area contributed by atoms with Crippen LogP contribution < -0.4 is 14.9 Å². The number of hydrogen-bond acceptors (Lipinski definition) is 5. The van der Waals surface area contributed by atoms with Crippen molar-refractivity contribution in [2.24, 2.45) is 5.10 Å². The number of carbonyl (C=O) groups is 1. The number of nitrogens with one attached hydrogen (secondary N) is 1. The van der Waals surface area contributed by atoms with Gasteiger partial charge >= 0.3 is 0 Å². The van der Waals surface area contributed by atoms with E-state index < -0.39 is 0 Å². The molecule has 0 aliphatic rings. The van der Waals surface area contributed by atoms with Crippen LogP contribution in [0.5, 0.6) is 11.5 Å². The van der Waals surface area contributed by atoms with Crippen molar-refractivity contribution < 1.29 is 14.3 Å². The molecule has 7 heteroatoms. The first-order valence-electron chi connectivity index (χ1n) is 12.2. The Morgan fingerprint density at radius 2 is 1.78 bits per heavy atom.